The minimum atomic E-state index is -0.202. The number of hydrogen-bond acceptors (Lipinski definition) is 3. The third kappa shape index (κ3) is 4.38. The number of carbonyl (C=O) groups is 2. The van der Waals surface area contributed by atoms with Gasteiger partial charge in [-0.15, -0.1) is 0 Å². The maximum absolute atomic E-state index is 12.7. The van der Waals surface area contributed by atoms with Crippen LogP contribution in [0.25, 0.3) is 0 Å². The number of carbonyl (C=O) groups excluding carboxylic acids is 2. The molecule has 1 N–H and O–H groups in total. The largest absolute Gasteiger partial charge is 0.340 e. The molecule has 0 bridgehead atoms. The van der Waals surface area contributed by atoms with Crippen molar-refractivity contribution in [3.63, 3.8) is 0 Å². The van der Waals surface area contributed by atoms with E-state index in [1.54, 1.807) is 6.07 Å². The van der Waals surface area contributed by atoms with Crippen molar-refractivity contribution in [2.45, 2.75) is 58.0 Å². The number of likely N-dealkylation sites (tertiary alicyclic amines) is 2. The van der Waals surface area contributed by atoms with E-state index >= 15 is 0 Å². The average Bonchev–Trinajstić information content (AvgIpc) is 2.64. The highest BCUT2D eigenvalue weighted by molar-refractivity contribution is 6.31. The summed E-state index contributed by atoms with van der Waals surface area (Å²) in [6.07, 6.45) is 4.72. The normalized spacial score (nSPS) is 20.9. The Bertz CT molecular complexity index is 671. The highest BCUT2D eigenvalue weighted by Crippen LogP contribution is 2.24. The summed E-state index contributed by atoms with van der Waals surface area (Å²) in [4.78, 5) is 29.0. The number of nitrogens with one attached hydrogen (secondary N) is 1. The minimum absolute atomic E-state index is 0.0112. The first-order chi connectivity index (χ1) is 12.5. The summed E-state index contributed by atoms with van der Waals surface area (Å²) < 4.78 is 0. The zero-order valence-corrected chi connectivity index (χ0v) is 16.4. The lowest BCUT2D eigenvalue weighted by atomic mass is 9.98. The molecule has 1 unspecified atom stereocenters. The molecule has 1 aromatic carbocycles. The number of amides is 2. The van der Waals surface area contributed by atoms with Gasteiger partial charge >= 0.3 is 0 Å². The highest BCUT2D eigenvalue weighted by atomic mass is 35.5. The van der Waals surface area contributed by atoms with Crippen LogP contribution in [0, 0.1) is 6.92 Å². The van der Waals surface area contributed by atoms with E-state index in [0.717, 1.165) is 56.6 Å². The molecule has 2 aliphatic heterocycles. The lowest BCUT2D eigenvalue weighted by Crippen LogP contribution is -2.52. The Morgan fingerprint density at radius 1 is 1.23 bits per heavy atom. The van der Waals surface area contributed by atoms with Crippen LogP contribution in [0.1, 0.15) is 44.6 Å². The number of benzene rings is 1. The van der Waals surface area contributed by atoms with Gasteiger partial charge in [0.15, 0.2) is 0 Å². The van der Waals surface area contributed by atoms with Crippen molar-refractivity contribution >= 4 is 29.1 Å². The third-order valence-electron chi connectivity index (χ3n) is 5.68. The molecule has 0 aromatic heterocycles. The van der Waals surface area contributed by atoms with E-state index in [-0.39, 0.29) is 11.9 Å². The first-order valence-electron chi connectivity index (χ1n) is 9.56. The molecule has 2 fully saturated rings. The van der Waals surface area contributed by atoms with Gasteiger partial charge in [0.05, 0.1) is 6.04 Å². The molecule has 0 saturated carbocycles. The van der Waals surface area contributed by atoms with Crippen molar-refractivity contribution in [1.29, 1.82) is 0 Å². The van der Waals surface area contributed by atoms with Crippen molar-refractivity contribution < 1.29 is 9.59 Å². The fraction of sp³-hybridized carbons (Fsp3) is 0.600. The molecule has 142 valence electrons. The molecule has 2 heterocycles. The zero-order chi connectivity index (χ0) is 18.7. The molecule has 3 rings (SSSR count). The fourth-order valence-corrected chi connectivity index (χ4v) is 4.10. The van der Waals surface area contributed by atoms with Crippen molar-refractivity contribution in [3.8, 4) is 0 Å². The highest BCUT2D eigenvalue weighted by Gasteiger charge is 2.32. The van der Waals surface area contributed by atoms with Gasteiger partial charge < -0.3 is 10.2 Å². The van der Waals surface area contributed by atoms with Crippen LogP contribution in [-0.4, -0.2) is 53.3 Å². The van der Waals surface area contributed by atoms with Crippen LogP contribution in [-0.2, 0) is 9.59 Å². The number of nitrogens with zero attached hydrogens (tertiary/aromatic N) is 2. The second-order valence-corrected chi connectivity index (χ2v) is 7.87. The van der Waals surface area contributed by atoms with Gasteiger partial charge in [0.2, 0.25) is 11.8 Å². The molecule has 1 aromatic rings. The van der Waals surface area contributed by atoms with Gasteiger partial charge in [0, 0.05) is 42.8 Å². The van der Waals surface area contributed by atoms with E-state index in [1.165, 1.54) is 0 Å². The Morgan fingerprint density at radius 3 is 2.65 bits per heavy atom. The molecule has 2 saturated heterocycles. The molecule has 0 spiro atoms. The maximum Gasteiger partial charge on any atom is 0.241 e. The maximum atomic E-state index is 12.7. The Labute approximate surface area is 160 Å². The Balaban J connectivity index is 1.54. The summed E-state index contributed by atoms with van der Waals surface area (Å²) in [5, 5.41) is 3.62. The molecule has 26 heavy (non-hydrogen) atoms. The van der Waals surface area contributed by atoms with Crippen LogP contribution in [0.4, 0.5) is 5.69 Å². The molecule has 2 amide bonds. The standard InChI is InChI=1S/C20H28ClN3O2/c1-14-6-7-16(21)13-18(14)22-20(26)15(2)23-11-8-17(9-12-23)24-10-4-3-5-19(24)25/h6-7,13,15,17H,3-5,8-12H2,1-2H3,(H,22,26). The van der Waals surface area contributed by atoms with Gasteiger partial charge in [-0.25, -0.2) is 0 Å². The van der Waals surface area contributed by atoms with Gasteiger partial charge in [0.25, 0.3) is 0 Å². The van der Waals surface area contributed by atoms with E-state index < -0.39 is 0 Å². The van der Waals surface area contributed by atoms with E-state index in [1.807, 2.05) is 26.0 Å². The Morgan fingerprint density at radius 2 is 1.96 bits per heavy atom. The predicted molar refractivity (Wildman–Crippen MR) is 104 cm³/mol. The van der Waals surface area contributed by atoms with Crippen molar-refractivity contribution in [3.05, 3.63) is 28.8 Å². The van der Waals surface area contributed by atoms with E-state index in [0.29, 0.717) is 23.4 Å². The Kier molecular flexibility index (Phi) is 6.20. The van der Waals surface area contributed by atoms with Gasteiger partial charge in [0.1, 0.15) is 0 Å². The van der Waals surface area contributed by atoms with E-state index in [4.69, 9.17) is 11.6 Å². The van der Waals surface area contributed by atoms with Crippen LogP contribution >= 0.6 is 11.6 Å². The lowest BCUT2D eigenvalue weighted by Gasteiger charge is -2.41. The molecule has 0 aliphatic carbocycles. The monoisotopic (exact) mass is 377 g/mol. The molecular weight excluding hydrogens is 350 g/mol. The molecule has 1 atom stereocenters. The SMILES string of the molecule is Cc1ccc(Cl)cc1NC(=O)C(C)N1CCC(N2CCCCC2=O)CC1. The number of aryl methyl sites for hydroxylation is 1. The smallest absolute Gasteiger partial charge is 0.241 e. The summed E-state index contributed by atoms with van der Waals surface area (Å²) >= 11 is 6.04. The number of hydrogen-bond donors (Lipinski definition) is 1. The lowest BCUT2D eigenvalue weighted by molar-refractivity contribution is -0.137. The van der Waals surface area contributed by atoms with Crippen molar-refractivity contribution in [2.24, 2.45) is 0 Å². The molecular formula is C20H28ClN3O2. The number of anilines is 1. The molecule has 0 radical (unpaired) electrons. The van der Waals surface area contributed by atoms with Gasteiger partial charge in [-0.3, -0.25) is 14.5 Å². The molecule has 2 aliphatic rings. The van der Waals surface area contributed by atoms with Crippen LogP contribution in [0.3, 0.4) is 0 Å². The van der Waals surface area contributed by atoms with Crippen LogP contribution in [0.2, 0.25) is 5.02 Å². The van der Waals surface area contributed by atoms with Crippen molar-refractivity contribution in [1.82, 2.24) is 9.80 Å². The van der Waals surface area contributed by atoms with Gasteiger partial charge in [-0.2, -0.15) is 0 Å². The van der Waals surface area contributed by atoms with E-state index in [2.05, 4.69) is 15.1 Å². The van der Waals surface area contributed by atoms with E-state index in [9.17, 15) is 9.59 Å². The van der Waals surface area contributed by atoms with Crippen LogP contribution in [0.15, 0.2) is 18.2 Å². The summed E-state index contributed by atoms with van der Waals surface area (Å²) in [5.41, 5.74) is 1.76. The average molecular weight is 378 g/mol. The third-order valence-corrected chi connectivity index (χ3v) is 5.92. The Hall–Kier alpha value is -1.59. The van der Waals surface area contributed by atoms with Crippen molar-refractivity contribution in [2.75, 3.05) is 25.0 Å². The fourth-order valence-electron chi connectivity index (χ4n) is 3.93. The molecule has 6 heteroatoms. The first kappa shape index (κ1) is 19.2. The zero-order valence-electron chi connectivity index (χ0n) is 15.6. The first-order valence-corrected chi connectivity index (χ1v) is 9.94. The number of rotatable bonds is 4. The molecule has 5 nitrogen and oxygen atoms in total. The van der Waals surface area contributed by atoms with Gasteiger partial charge in [-0.1, -0.05) is 17.7 Å². The topological polar surface area (TPSA) is 52.7 Å². The van der Waals surface area contributed by atoms with Crippen LogP contribution < -0.4 is 5.32 Å². The summed E-state index contributed by atoms with van der Waals surface area (Å²) in [6.45, 7) is 6.49. The quantitative estimate of drug-likeness (QED) is 0.874. The predicted octanol–water partition coefficient (Wildman–Crippen LogP) is 3.45. The minimum Gasteiger partial charge on any atom is -0.340 e. The summed E-state index contributed by atoms with van der Waals surface area (Å²) in [7, 11) is 0. The second kappa shape index (κ2) is 8.40. The second-order valence-electron chi connectivity index (χ2n) is 7.44. The summed E-state index contributed by atoms with van der Waals surface area (Å²) in [6, 6.07) is 5.65. The number of halogens is 1. The summed E-state index contributed by atoms with van der Waals surface area (Å²) in [5.74, 6) is 0.291. The number of piperidine rings is 2. The van der Waals surface area contributed by atoms with Gasteiger partial charge in [-0.05, 0) is 57.2 Å². The van der Waals surface area contributed by atoms with Crippen LogP contribution in [0.5, 0.6) is 0 Å².